The van der Waals surface area contributed by atoms with Gasteiger partial charge in [-0.25, -0.2) is 8.42 Å². The molecule has 1 aromatic heterocycles. The Labute approximate surface area is 126 Å². The summed E-state index contributed by atoms with van der Waals surface area (Å²) < 4.78 is 22.8. The van der Waals surface area contributed by atoms with Gasteiger partial charge in [0.1, 0.15) is 5.75 Å². The van der Waals surface area contributed by atoms with Crippen molar-refractivity contribution < 1.29 is 13.5 Å². The molecule has 106 valence electrons. The first-order valence-corrected chi connectivity index (χ1v) is 8.38. The molecule has 21 heavy (non-hydrogen) atoms. The van der Waals surface area contributed by atoms with Crippen molar-refractivity contribution in [1.82, 2.24) is 4.98 Å². The summed E-state index contributed by atoms with van der Waals surface area (Å²) in [5.41, 5.74) is 2.38. The molecule has 3 rings (SSSR count). The van der Waals surface area contributed by atoms with Crippen LogP contribution in [0.3, 0.4) is 0 Å². The van der Waals surface area contributed by atoms with Gasteiger partial charge in [0.2, 0.25) is 0 Å². The van der Waals surface area contributed by atoms with E-state index >= 15 is 0 Å². The first kappa shape index (κ1) is 13.9. The molecule has 0 fully saturated rings. The average Bonchev–Trinajstić information content (AvgIpc) is 2.46. The molecular formula is C15H10ClNO3S. The van der Waals surface area contributed by atoms with E-state index in [1.54, 1.807) is 36.5 Å². The Balaban J connectivity index is 2.16. The van der Waals surface area contributed by atoms with Crippen molar-refractivity contribution in [2.24, 2.45) is 0 Å². The number of nitrogens with zero attached hydrogens (tertiary/aromatic N) is 1. The second-order valence-corrected chi connectivity index (χ2v) is 7.13. The summed E-state index contributed by atoms with van der Waals surface area (Å²) >= 11 is 0. The summed E-state index contributed by atoms with van der Waals surface area (Å²) in [7, 11) is 1.59. The molecule has 4 nitrogen and oxygen atoms in total. The molecule has 0 saturated carbocycles. The van der Waals surface area contributed by atoms with Crippen LogP contribution in [0, 0.1) is 0 Å². The normalized spacial score (nSPS) is 11.7. The number of phenols is 1. The lowest BCUT2D eigenvalue weighted by Gasteiger charge is -2.05. The molecule has 0 atom stereocenters. The summed E-state index contributed by atoms with van der Waals surface area (Å²) in [5.74, 6) is 0.183. The number of rotatable bonds is 2. The summed E-state index contributed by atoms with van der Waals surface area (Å²) in [6.07, 6.45) is 1.70. The van der Waals surface area contributed by atoms with Crippen molar-refractivity contribution in [2.45, 2.75) is 4.90 Å². The van der Waals surface area contributed by atoms with Crippen molar-refractivity contribution in [3.63, 3.8) is 0 Å². The van der Waals surface area contributed by atoms with Crippen LogP contribution in [0.4, 0.5) is 0 Å². The smallest absolute Gasteiger partial charge is 0.261 e. The molecule has 0 unspecified atom stereocenters. The molecule has 1 N–H and O–H groups in total. The number of hydrogen-bond donors (Lipinski definition) is 1. The van der Waals surface area contributed by atoms with Crippen LogP contribution >= 0.6 is 10.7 Å². The Morgan fingerprint density at radius 1 is 0.952 bits per heavy atom. The average molecular weight is 320 g/mol. The van der Waals surface area contributed by atoms with Gasteiger partial charge in [-0.05, 0) is 42.0 Å². The van der Waals surface area contributed by atoms with Gasteiger partial charge >= 0.3 is 0 Å². The first-order chi connectivity index (χ1) is 9.93. The number of hydrogen-bond acceptors (Lipinski definition) is 4. The number of aromatic nitrogens is 1. The van der Waals surface area contributed by atoms with Crippen LogP contribution in [0.2, 0.25) is 0 Å². The van der Waals surface area contributed by atoms with Crippen LogP contribution in [0.5, 0.6) is 5.75 Å². The lowest BCUT2D eigenvalue weighted by atomic mass is 10.1. The number of halogens is 1. The molecule has 0 amide bonds. The summed E-state index contributed by atoms with van der Waals surface area (Å²) in [6, 6.07) is 13.1. The fraction of sp³-hybridized carbons (Fsp3) is 0. The topological polar surface area (TPSA) is 67.3 Å². The zero-order valence-electron chi connectivity index (χ0n) is 10.7. The van der Waals surface area contributed by atoms with E-state index < -0.39 is 9.05 Å². The van der Waals surface area contributed by atoms with Crippen LogP contribution in [0.25, 0.3) is 22.0 Å². The van der Waals surface area contributed by atoms with Gasteiger partial charge in [-0.15, -0.1) is 0 Å². The molecule has 0 bridgehead atoms. The van der Waals surface area contributed by atoms with E-state index in [0.717, 1.165) is 11.1 Å². The van der Waals surface area contributed by atoms with Gasteiger partial charge in [0.15, 0.2) is 0 Å². The Morgan fingerprint density at radius 2 is 1.67 bits per heavy atom. The first-order valence-electron chi connectivity index (χ1n) is 6.07. The zero-order valence-corrected chi connectivity index (χ0v) is 12.3. The Morgan fingerprint density at radius 3 is 2.33 bits per heavy atom. The van der Waals surface area contributed by atoms with Crippen LogP contribution < -0.4 is 0 Å². The molecule has 0 aliphatic heterocycles. The van der Waals surface area contributed by atoms with E-state index in [1.165, 1.54) is 12.1 Å². The van der Waals surface area contributed by atoms with E-state index in [-0.39, 0.29) is 10.6 Å². The highest BCUT2D eigenvalue weighted by molar-refractivity contribution is 8.13. The SMILES string of the molecule is O=S(=O)(Cl)c1ccc2ncc(-c3ccc(O)cc3)cc2c1. The molecule has 0 aliphatic rings. The highest BCUT2D eigenvalue weighted by Crippen LogP contribution is 2.26. The maximum atomic E-state index is 11.4. The fourth-order valence-corrected chi connectivity index (χ4v) is 2.86. The number of benzene rings is 2. The highest BCUT2D eigenvalue weighted by Gasteiger charge is 2.11. The molecule has 0 radical (unpaired) electrons. The molecule has 0 spiro atoms. The minimum Gasteiger partial charge on any atom is -0.508 e. The number of pyridine rings is 1. The largest absolute Gasteiger partial charge is 0.508 e. The van der Waals surface area contributed by atoms with Crippen molar-refractivity contribution in [1.29, 1.82) is 0 Å². The van der Waals surface area contributed by atoms with E-state index in [4.69, 9.17) is 10.7 Å². The molecule has 0 saturated heterocycles. The molecule has 6 heteroatoms. The van der Waals surface area contributed by atoms with E-state index in [1.807, 2.05) is 6.07 Å². The van der Waals surface area contributed by atoms with Crippen molar-refractivity contribution in [2.75, 3.05) is 0 Å². The Bertz CT molecular complexity index is 921. The maximum absolute atomic E-state index is 11.4. The number of phenolic OH excluding ortho intramolecular Hbond substituents is 1. The number of fused-ring (bicyclic) bond motifs is 1. The van der Waals surface area contributed by atoms with Crippen LogP contribution in [0.1, 0.15) is 0 Å². The molecule has 0 aliphatic carbocycles. The van der Waals surface area contributed by atoms with Gasteiger partial charge in [0.25, 0.3) is 9.05 Å². The predicted octanol–water partition coefficient (Wildman–Crippen LogP) is 3.53. The Kier molecular flexibility index (Phi) is 3.31. The van der Waals surface area contributed by atoms with E-state index in [9.17, 15) is 13.5 Å². The van der Waals surface area contributed by atoms with Gasteiger partial charge in [0.05, 0.1) is 10.4 Å². The van der Waals surface area contributed by atoms with Gasteiger partial charge in [-0.2, -0.15) is 0 Å². The van der Waals surface area contributed by atoms with Gasteiger partial charge < -0.3 is 5.11 Å². The summed E-state index contributed by atoms with van der Waals surface area (Å²) in [6.45, 7) is 0. The molecule has 2 aromatic carbocycles. The van der Waals surface area contributed by atoms with Gasteiger partial charge in [-0.1, -0.05) is 12.1 Å². The summed E-state index contributed by atoms with van der Waals surface area (Å²) in [4.78, 5) is 4.35. The quantitative estimate of drug-likeness (QED) is 0.734. The minimum atomic E-state index is -3.77. The molecular weight excluding hydrogens is 310 g/mol. The van der Waals surface area contributed by atoms with Crippen molar-refractivity contribution >= 4 is 30.6 Å². The molecule has 3 aromatic rings. The highest BCUT2D eigenvalue weighted by atomic mass is 35.7. The lowest BCUT2D eigenvalue weighted by molar-refractivity contribution is 0.475. The third-order valence-electron chi connectivity index (χ3n) is 3.13. The maximum Gasteiger partial charge on any atom is 0.261 e. The monoisotopic (exact) mass is 319 g/mol. The Hall–Kier alpha value is -2.11. The molecule has 1 heterocycles. The van der Waals surface area contributed by atoms with Crippen LogP contribution in [-0.4, -0.2) is 18.5 Å². The number of aromatic hydroxyl groups is 1. The van der Waals surface area contributed by atoms with Gasteiger partial charge in [0, 0.05) is 27.8 Å². The van der Waals surface area contributed by atoms with E-state index in [0.29, 0.717) is 10.9 Å². The predicted molar refractivity (Wildman–Crippen MR) is 81.9 cm³/mol. The van der Waals surface area contributed by atoms with Crippen molar-refractivity contribution in [3.05, 3.63) is 54.7 Å². The van der Waals surface area contributed by atoms with Crippen LogP contribution in [0.15, 0.2) is 59.6 Å². The standard InChI is InChI=1S/C15H10ClNO3S/c16-21(19,20)14-5-6-15-11(8-14)7-12(9-17-15)10-1-3-13(18)4-2-10/h1-9,18H. The third kappa shape index (κ3) is 2.84. The second kappa shape index (κ2) is 5.02. The lowest BCUT2D eigenvalue weighted by Crippen LogP contribution is -1.91. The minimum absolute atomic E-state index is 0.0429. The third-order valence-corrected chi connectivity index (χ3v) is 4.49. The second-order valence-electron chi connectivity index (χ2n) is 4.56. The summed E-state index contributed by atoms with van der Waals surface area (Å²) in [5, 5.41) is 9.99. The zero-order chi connectivity index (χ0) is 15.0. The van der Waals surface area contributed by atoms with Gasteiger partial charge in [-0.3, -0.25) is 4.98 Å². The fourth-order valence-electron chi connectivity index (χ4n) is 2.07. The van der Waals surface area contributed by atoms with Crippen molar-refractivity contribution in [3.8, 4) is 16.9 Å². The van der Waals surface area contributed by atoms with E-state index in [2.05, 4.69) is 4.98 Å². The van der Waals surface area contributed by atoms with Crippen LogP contribution in [-0.2, 0) is 9.05 Å².